The lowest BCUT2D eigenvalue weighted by molar-refractivity contribution is 0.0693. The topological polar surface area (TPSA) is 112 Å². The third-order valence-electron chi connectivity index (χ3n) is 2.00. The quantitative estimate of drug-likeness (QED) is 0.510. The van der Waals surface area contributed by atoms with Gasteiger partial charge in [0.1, 0.15) is 0 Å². The van der Waals surface area contributed by atoms with Crippen LogP contribution in [0.1, 0.15) is 20.7 Å². The van der Waals surface area contributed by atoms with Gasteiger partial charge in [0.15, 0.2) is 0 Å². The van der Waals surface area contributed by atoms with E-state index in [0.717, 1.165) is 4.90 Å². The SMILES string of the molecule is CN1C(=O)c2ccccc2C1=O.O=S(=O)(O)O. The number of carbonyl (C=O) groups excluding carboxylic acids is 2. The Hall–Kier alpha value is -1.77. The molecule has 1 aliphatic rings. The minimum absolute atomic E-state index is 0.212. The van der Waals surface area contributed by atoms with Crippen LogP contribution in [0.4, 0.5) is 0 Å². The molecule has 0 saturated heterocycles. The van der Waals surface area contributed by atoms with Crippen LogP contribution in [-0.4, -0.2) is 41.3 Å². The smallest absolute Gasteiger partial charge is 0.277 e. The summed E-state index contributed by atoms with van der Waals surface area (Å²) in [5, 5.41) is 0. The highest BCUT2D eigenvalue weighted by atomic mass is 32.3. The molecule has 17 heavy (non-hydrogen) atoms. The van der Waals surface area contributed by atoms with E-state index in [1.54, 1.807) is 24.3 Å². The zero-order valence-electron chi connectivity index (χ0n) is 8.69. The molecule has 1 aromatic carbocycles. The van der Waals surface area contributed by atoms with Crippen molar-refractivity contribution in [2.75, 3.05) is 7.05 Å². The molecule has 0 atom stereocenters. The molecule has 0 aromatic heterocycles. The molecule has 0 saturated carbocycles. The van der Waals surface area contributed by atoms with Crippen molar-refractivity contribution in [3.8, 4) is 0 Å². The van der Waals surface area contributed by atoms with E-state index in [4.69, 9.17) is 17.5 Å². The molecule has 8 heteroatoms. The maximum absolute atomic E-state index is 11.3. The van der Waals surface area contributed by atoms with Gasteiger partial charge in [-0.2, -0.15) is 8.42 Å². The molecule has 2 N–H and O–H groups in total. The largest absolute Gasteiger partial charge is 0.394 e. The fraction of sp³-hybridized carbons (Fsp3) is 0.111. The molecule has 2 amide bonds. The summed E-state index contributed by atoms with van der Waals surface area (Å²) in [5.74, 6) is -0.425. The molecule has 0 bridgehead atoms. The lowest BCUT2D eigenvalue weighted by Crippen LogP contribution is -2.24. The molecule has 7 nitrogen and oxygen atoms in total. The van der Waals surface area contributed by atoms with Gasteiger partial charge in [0.05, 0.1) is 11.1 Å². The molecular weight excluding hydrogens is 250 g/mol. The van der Waals surface area contributed by atoms with Crippen molar-refractivity contribution in [3.05, 3.63) is 35.4 Å². The molecule has 1 aliphatic heterocycles. The lowest BCUT2D eigenvalue weighted by atomic mass is 10.1. The van der Waals surface area contributed by atoms with Crippen LogP contribution in [0, 0.1) is 0 Å². The number of nitrogens with zero attached hydrogens (tertiary/aromatic N) is 1. The van der Waals surface area contributed by atoms with E-state index in [2.05, 4.69) is 0 Å². The van der Waals surface area contributed by atoms with Crippen LogP contribution in [0.2, 0.25) is 0 Å². The predicted molar refractivity (Wildman–Crippen MR) is 57.0 cm³/mol. The average Bonchev–Trinajstić information content (AvgIpc) is 2.43. The van der Waals surface area contributed by atoms with Gasteiger partial charge in [-0.3, -0.25) is 23.6 Å². The van der Waals surface area contributed by atoms with Crippen LogP contribution in [0.25, 0.3) is 0 Å². The first-order valence-corrected chi connectivity index (χ1v) is 5.73. The molecule has 2 rings (SSSR count). The Kier molecular flexibility index (Phi) is 3.61. The Labute approximate surface area is 97.2 Å². The summed E-state index contributed by atoms with van der Waals surface area (Å²) in [4.78, 5) is 23.8. The van der Waals surface area contributed by atoms with Gasteiger partial charge in [-0.1, -0.05) is 12.1 Å². The first kappa shape index (κ1) is 13.3. The van der Waals surface area contributed by atoms with Crippen LogP contribution in [-0.2, 0) is 10.4 Å². The van der Waals surface area contributed by atoms with E-state index >= 15 is 0 Å². The normalized spacial score (nSPS) is 14.2. The Morgan fingerprint density at radius 2 is 1.29 bits per heavy atom. The van der Waals surface area contributed by atoms with E-state index in [1.165, 1.54) is 7.05 Å². The molecule has 0 fully saturated rings. The number of benzene rings is 1. The van der Waals surface area contributed by atoms with Gasteiger partial charge in [-0.15, -0.1) is 0 Å². The van der Waals surface area contributed by atoms with E-state index in [0.29, 0.717) is 11.1 Å². The highest BCUT2D eigenvalue weighted by Gasteiger charge is 2.31. The van der Waals surface area contributed by atoms with Crippen molar-refractivity contribution in [2.24, 2.45) is 0 Å². The third-order valence-corrected chi connectivity index (χ3v) is 2.00. The molecule has 0 aliphatic carbocycles. The van der Waals surface area contributed by atoms with Crippen molar-refractivity contribution in [1.82, 2.24) is 4.90 Å². The summed E-state index contributed by atoms with van der Waals surface area (Å²) in [6.45, 7) is 0. The Morgan fingerprint density at radius 3 is 1.59 bits per heavy atom. The minimum Gasteiger partial charge on any atom is -0.277 e. The van der Waals surface area contributed by atoms with Gasteiger partial charge < -0.3 is 0 Å². The predicted octanol–water partition coefficient (Wildman–Crippen LogP) is 0.260. The molecule has 0 radical (unpaired) electrons. The highest BCUT2D eigenvalue weighted by molar-refractivity contribution is 7.79. The summed E-state index contributed by atoms with van der Waals surface area (Å²) < 4.78 is 31.6. The number of hydrogen-bond acceptors (Lipinski definition) is 4. The zero-order valence-corrected chi connectivity index (χ0v) is 9.51. The molecule has 1 heterocycles. The van der Waals surface area contributed by atoms with Gasteiger partial charge in [-0.05, 0) is 12.1 Å². The van der Waals surface area contributed by atoms with Gasteiger partial charge in [0, 0.05) is 7.05 Å². The summed E-state index contributed by atoms with van der Waals surface area (Å²) in [6.07, 6.45) is 0. The highest BCUT2D eigenvalue weighted by Crippen LogP contribution is 2.20. The van der Waals surface area contributed by atoms with Crippen LogP contribution in [0.3, 0.4) is 0 Å². The van der Waals surface area contributed by atoms with Gasteiger partial charge >= 0.3 is 10.4 Å². The molecular formula is C9H9NO6S. The van der Waals surface area contributed by atoms with E-state index in [9.17, 15) is 9.59 Å². The van der Waals surface area contributed by atoms with Crippen LogP contribution in [0.5, 0.6) is 0 Å². The fourth-order valence-corrected chi connectivity index (χ4v) is 1.31. The monoisotopic (exact) mass is 259 g/mol. The van der Waals surface area contributed by atoms with Crippen molar-refractivity contribution < 1.29 is 27.1 Å². The second-order valence-corrected chi connectivity index (χ2v) is 4.06. The van der Waals surface area contributed by atoms with E-state index in [1.807, 2.05) is 0 Å². The Bertz CT molecular complexity index is 522. The summed E-state index contributed by atoms with van der Waals surface area (Å²) in [7, 11) is -3.18. The summed E-state index contributed by atoms with van der Waals surface area (Å²) in [6, 6.07) is 6.84. The first-order valence-electron chi connectivity index (χ1n) is 4.33. The molecule has 0 unspecified atom stereocenters. The van der Waals surface area contributed by atoms with Crippen molar-refractivity contribution in [2.45, 2.75) is 0 Å². The standard InChI is InChI=1S/C9H7NO2.H2O4S/c1-10-8(11)6-4-2-3-5-7(6)9(10)12;1-5(2,3)4/h2-5H,1H3;(H2,1,2,3,4). The second kappa shape index (κ2) is 4.62. The van der Waals surface area contributed by atoms with Crippen LogP contribution < -0.4 is 0 Å². The van der Waals surface area contributed by atoms with E-state index < -0.39 is 10.4 Å². The van der Waals surface area contributed by atoms with Gasteiger partial charge in [0.25, 0.3) is 11.8 Å². The van der Waals surface area contributed by atoms with Crippen LogP contribution in [0.15, 0.2) is 24.3 Å². The maximum Gasteiger partial charge on any atom is 0.394 e. The lowest BCUT2D eigenvalue weighted by Gasteiger charge is -2.02. The van der Waals surface area contributed by atoms with Crippen molar-refractivity contribution >= 4 is 22.2 Å². The number of amides is 2. The first-order chi connectivity index (χ1) is 7.72. The van der Waals surface area contributed by atoms with Crippen LogP contribution >= 0.6 is 0 Å². The van der Waals surface area contributed by atoms with Crippen molar-refractivity contribution in [3.63, 3.8) is 0 Å². The van der Waals surface area contributed by atoms with Crippen molar-refractivity contribution in [1.29, 1.82) is 0 Å². The van der Waals surface area contributed by atoms with Gasteiger partial charge in [-0.25, -0.2) is 0 Å². The maximum atomic E-state index is 11.3. The second-order valence-electron chi connectivity index (χ2n) is 3.16. The zero-order chi connectivity index (χ0) is 13.2. The average molecular weight is 259 g/mol. The van der Waals surface area contributed by atoms with Gasteiger partial charge in [0.2, 0.25) is 0 Å². The number of rotatable bonds is 0. The number of carbonyl (C=O) groups is 2. The Morgan fingerprint density at radius 1 is 1.00 bits per heavy atom. The molecule has 92 valence electrons. The molecule has 1 aromatic rings. The number of fused-ring (bicyclic) bond motifs is 1. The Balaban J connectivity index is 0.000000249. The summed E-state index contributed by atoms with van der Waals surface area (Å²) >= 11 is 0. The third kappa shape index (κ3) is 3.34. The fourth-order valence-electron chi connectivity index (χ4n) is 1.31. The number of imide groups is 1. The number of hydrogen-bond donors (Lipinski definition) is 2. The molecule has 0 spiro atoms. The summed E-state index contributed by atoms with van der Waals surface area (Å²) in [5.41, 5.74) is 1.01. The van der Waals surface area contributed by atoms with E-state index in [-0.39, 0.29) is 11.8 Å². The minimum atomic E-state index is -4.67.